The van der Waals surface area contributed by atoms with Crippen LogP contribution in [0.25, 0.3) is 31.6 Å². The molecule has 0 spiro atoms. The maximum absolute atomic E-state index is 12.6. The lowest BCUT2D eigenvalue weighted by atomic mass is 9.97. The Morgan fingerprint density at radius 2 is 1.58 bits per heavy atom. The summed E-state index contributed by atoms with van der Waals surface area (Å²) in [5, 5.41) is 20.1. The highest BCUT2D eigenvalue weighted by molar-refractivity contribution is 7.20. The first-order valence-electron chi connectivity index (χ1n) is 9.52. The summed E-state index contributed by atoms with van der Waals surface area (Å²) >= 11 is 1.27. The second-order valence-electron chi connectivity index (χ2n) is 7.02. The van der Waals surface area contributed by atoms with E-state index in [1.165, 1.54) is 23.5 Å². The van der Waals surface area contributed by atoms with Gasteiger partial charge in [-0.2, -0.15) is 5.10 Å². The Kier molecular flexibility index (Phi) is 4.65. The zero-order valence-corrected chi connectivity index (χ0v) is 16.9. The van der Waals surface area contributed by atoms with Gasteiger partial charge in [-0.1, -0.05) is 48.5 Å². The van der Waals surface area contributed by atoms with E-state index >= 15 is 0 Å². The smallest absolute Gasteiger partial charge is 0.266 e. The van der Waals surface area contributed by atoms with Crippen LogP contribution in [0.5, 0.6) is 0 Å². The molecule has 0 atom stereocenters. The van der Waals surface area contributed by atoms with Crippen LogP contribution >= 0.6 is 11.3 Å². The van der Waals surface area contributed by atoms with Gasteiger partial charge in [0.25, 0.3) is 11.6 Å². The Balaban J connectivity index is 1.46. The Bertz CT molecular complexity index is 1470. The summed E-state index contributed by atoms with van der Waals surface area (Å²) < 4.78 is 0.805. The molecule has 0 aliphatic carbocycles. The molecule has 1 heterocycles. The number of hydrogen-bond donors (Lipinski definition) is 1. The number of thiophene rings is 1. The molecule has 0 aliphatic heterocycles. The van der Waals surface area contributed by atoms with Crippen molar-refractivity contribution >= 4 is 60.8 Å². The third-order valence-electron chi connectivity index (χ3n) is 5.11. The van der Waals surface area contributed by atoms with E-state index in [1.54, 1.807) is 18.3 Å². The topological polar surface area (TPSA) is 84.6 Å². The first kappa shape index (κ1) is 18.9. The van der Waals surface area contributed by atoms with Crippen molar-refractivity contribution in [2.24, 2.45) is 5.10 Å². The fourth-order valence-electron chi connectivity index (χ4n) is 3.65. The number of hydrazone groups is 1. The molecule has 0 radical (unpaired) electrons. The number of hydrogen-bond acceptors (Lipinski definition) is 5. The predicted octanol–water partition coefficient (Wildman–Crippen LogP) is 5.88. The van der Waals surface area contributed by atoms with Gasteiger partial charge in [0.15, 0.2) is 0 Å². The van der Waals surface area contributed by atoms with Gasteiger partial charge < -0.3 is 0 Å². The number of amides is 1. The quantitative estimate of drug-likeness (QED) is 0.169. The number of rotatable bonds is 4. The molecule has 0 fully saturated rings. The standard InChI is InChI=1S/C24H15N3O3S/c28-24(23-13-17-12-18(27(29)30)9-10-22(17)31-23)26-25-14-21-19-7-3-1-5-15(19)11-16-6-2-4-8-20(16)21/h1-14H,(H,26,28)/b25-14-. The molecule has 6 nitrogen and oxygen atoms in total. The maximum atomic E-state index is 12.6. The number of nitrogens with zero attached hydrogens (tertiary/aromatic N) is 2. The second kappa shape index (κ2) is 7.62. The molecule has 31 heavy (non-hydrogen) atoms. The van der Waals surface area contributed by atoms with E-state index in [0.717, 1.165) is 31.8 Å². The Morgan fingerprint density at radius 1 is 0.903 bits per heavy atom. The molecule has 0 bridgehead atoms. The summed E-state index contributed by atoms with van der Waals surface area (Å²) in [5.41, 5.74) is 3.51. The van der Waals surface area contributed by atoms with Gasteiger partial charge in [-0.05, 0) is 39.7 Å². The van der Waals surface area contributed by atoms with Crippen LogP contribution in [-0.4, -0.2) is 17.0 Å². The highest BCUT2D eigenvalue weighted by Gasteiger charge is 2.13. The first-order valence-corrected chi connectivity index (χ1v) is 10.3. The maximum Gasteiger partial charge on any atom is 0.281 e. The number of nitro benzene ring substituents is 1. The fourth-order valence-corrected chi connectivity index (χ4v) is 4.59. The normalized spacial score (nSPS) is 11.5. The minimum Gasteiger partial charge on any atom is -0.266 e. The molecule has 7 heteroatoms. The van der Waals surface area contributed by atoms with Crippen LogP contribution in [-0.2, 0) is 0 Å². The van der Waals surface area contributed by atoms with Gasteiger partial charge in [0.05, 0.1) is 16.0 Å². The van der Waals surface area contributed by atoms with Crippen LogP contribution in [0, 0.1) is 10.1 Å². The SMILES string of the molecule is O=C(N/N=C\c1c2ccccc2cc2ccccc12)c1cc2cc([N+](=O)[O-])ccc2s1. The van der Waals surface area contributed by atoms with Crippen LogP contribution in [0.15, 0.2) is 84.0 Å². The first-order chi connectivity index (χ1) is 15.1. The predicted molar refractivity (Wildman–Crippen MR) is 125 cm³/mol. The molecule has 1 N–H and O–H groups in total. The summed E-state index contributed by atoms with van der Waals surface area (Å²) in [6.45, 7) is 0. The molecule has 5 rings (SSSR count). The zero-order valence-electron chi connectivity index (χ0n) is 16.1. The summed E-state index contributed by atoms with van der Waals surface area (Å²) in [5.74, 6) is -0.357. The van der Waals surface area contributed by atoms with Crippen molar-refractivity contribution in [3.8, 4) is 0 Å². The van der Waals surface area contributed by atoms with E-state index in [9.17, 15) is 14.9 Å². The highest BCUT2D eigenvalue weighted by Crippen LogP contribution is 2.29. The molecule has 0 aliphatic rings. The minimum atomic E-state index is -0.449. The van der Waals surface area contributed by atoms with E-state index in [0.29, 0.717) is 10.3 Å². The molecule has 1 aromatic heterocycles. The third kappa shape index (κ3) is 3.51. The summed E-state index contributed by atoms with van der Waals surface area (Å²) in [6.07, 6.45) is 1.67. The number of non-ortho nitro benzene ring substituents is 1. The number of benzene rings is 4. The largest absolute Gasteiger partial charge is 0.281 e. The molecule has 150 valence electrons. The zero-order chi connectivity index (χ0) is 21.4. The third-order valence-corrected chi connectivity index (χ3v) is 6.22. The van der Waals surface area contributed by atoms with Crippen LogP contribution in [0.4, 0.5) is 5.69 Å². The van der Waals surface area contributed by atoms with Gasteiger partial charge in [0, 0.05) is 27.8 Å². The molecule has 1 amide bonds. The van der Waals surface area contributed by atoms with E-state index in [4.69, 9.17) is 0 Å². The Labute approximate surface area is 180 Å². The summed E-state index contributed by atoms with van der Waals surface area (Å²) in [7, 11) is 0. The van der Waals surface area contributed by atoms with Crippen LogP contribution < -0.4 is 5.43 Å². The van der Waals surface area contributed by atoms with Crippen LogP contribution in [0.1, 0.15) is 15.2 Å². The Hall–Kier alpha value is -4.10. The number of carbonyl (C=O) groups is 1. The van der Waals surface area contributed by atoms with Crippen molar-refractivity contribution in [3.05, 3.63) is 99.4 Å². The molecule has 0 saturated carbocycles. The number of nitro groups is 1. The number of carbonyl (C=O) groups excluding carboxylic acids is 1. The van der Waals surface area contributed by atoms with Crippen molar-refractivity contribution in [3.63, 3.8) is 0 Å². The van der Waals surface area contributed by atoms with Gasteiger partial charge in [-0.3, -0.25) is 14.9 Å². The lowest BCUT2D eigenvalue weighted by molar-refractivity contribution is -0.384. The molecular formula is C24H15N3O3S. The lowest BCUT2D eigenvalue weighted by Gasteiger charge is -2.07. The molecular weight excluding hydrogens is 410 g/mol. The summed E-state index contributed by atoms with van der Waals surface area (Å²) in [6, 6.07) is 24.4. The summed E-state index contributed by atoms with van der Waals surface area (Å²) in [4.78, 5) is 23.6. The van der Waals surface area contributed by atoms with Gasteiger partial charge in [-0.15, -0.1) is 11.3 Å². The minimum absolute atomic E-state index is 0.00175. The average Bonchev–Trinajstić information content (AvgIpc) is 3.22. The lowest BCUT2D eigenvalue weighted by Crippen LogP contribution is -2.16. The molecule has 5 aromatic rings. The number of fused-ring (bicyclic) bond motifs is 3. The monoisotopic (exact) mass is 425 g/mol. The Morgan fingerprint density at radius 3 is 2.26 bits per heavy atom. The average molecular weight is 425 g/mol. The van der Waals surface area contributed by atoms with Crippen molar-refractivity contribution in [1.82, 2.24) is 5.43 Å². The van der Waals surface area contributed by atoms with Crippen LogP contribution in [0.2, 0.25) is 0 Å². The van der Waals surface area contributed by atoms with Gasteiger partial charge in [0.1, 0.15) is 0 Å². The molecule has 0 unspecified atom stereocenters. The molecule has 4 aromatic carbocycles. The van der Waals surface area contributed by atoms with E-state index in [-0.39, 0.29) is 11.6 Å². The van der Waals surface area contributed by atoms with Crippen molar-refractivity contribution in [1.29, 1.82) is 0 Å². The van der Waals surface area contributed by atoms with Crippen LogP contribution in [0.3, 0.4) is 0 Å². The van der Waals surface area contributed by atoms with Gasteiger partial charge in [0.2, 0.25) is 0 Å². The van der Waals surface area contributed by atoms with Crippen molar-refractivity contribution in [2.45, 2.75) is 0 Å². The highest BCUT2D eigenvalue weighted by atomic mass is 32.1. The number of nitrogens with one attached hydrogen (secondary N) is 1. The van der Waals surface area contributed by atoms with Gasteiger partial charge in [-0.25, -0.2) is 5.43 Å². The van der Waals surface area contributed by atoms with E-state index in [1.807, 2.05) is 48.5 Å². The van der Waals surface area contributed by atoms with Crippen molar-refractivity contribution in [2.75, 3.05) is 0 Å². The second-order valence-corrected chi connectivity index (χ2v) is 8.11. The van der Waals surface area contributed by atoms with E-state index in [2.05, 4.69) is 16.6 Å². The van der Waals surface area contributed by atoms with Crippen molar-refractivity contribution < 1.29 is 9.72 Å². The van der Waals surface area contributed by atoms with E-state index < -0.39 is 4.92 Å². The molecule has 0 saturated heterocycles. The fraction of sp³-hybridized carbons (Fsp3) is 0. The van der Waals surface area contributed by atoms with Gasteiger partial charge >= 0.3 is 0 Å².